The minimum atomic E-state index is -0.262. The maximum atomic E-state index is 13.5. The van der Waals surface area contributed by atoms with E-state index in [0.717, 1.165) is 16.7 Å². The SMILES string of the molecule is Cc1cncc(-c2ccc(CN)c(F)c2)c1. The van der Waals surface area contributed by atoms with Crippen LogP contribution in [0.2, 0.25) is 0 Å². The van der Waals surface area contributed by atoms with E-state index in [1.54, 1.807) is 18.5 Å². The molecule has 0 atom stereocenters. The van der Waals surface area contributed by atoms with Gasteiger partial charge in [0.1, 0.15) is 5.82 Å². The van der Waals surface area contributed by atoms with Crippen LogP contribution >= 0.6 is 0 Å². The van der Waals surface area contributed by atoms with Gasteiger partial charge in [-0.25, -0.2) is 4.39 Å². The molecule has 0 radical (unpaired) electrons. The third-order valence-electron chi connectivity index (χ3n) is 2.48. The number of pyridine rings is 1. The van der Waals surface area contributed by atoms with Gasteiger partial charge in [0.25, 0.3) is 0 Å². The second kappa shape index (κ2) is 4.41. The summed E-state index contributed by atoms with van der Waals surface area (Å²) in [4.78, 5) is 4.09. The third-order valence-corrected chi connectivity index (χ3v) is 2.48. The Balaban J connectivity index is 2.45. The van der Waals surface area contributed by atoms with Crippen LogP contribution in [-0.4, -0.2) is 4.98 Å². The average molecular weight is 216 g/mol. The van der Waals surface area contributed by atoms with Gasteiger partial charge in [-0.2, -0.15) is 0 Å². The van der Waals surface area contributed by atoms with E-state index in [1.165, 1.54) is 6.07 Å². The monoisotopic (exact) mass is 216 g/mol. The van der Waals surface area contributed by atoms with E-state index in [9.17, 15) is 4.39 Å². The van der Waals surface area contributed by atoms with Gasteiger partial charge >= 0.3 is 0 Å². The quantitative estimate of drug-likeness (QED) is 0.838. The summed E-state index contributed by atoms with van der Waals surface area (Å²) >= 11 is 0. The number of nitrogens with zero attached hydrogens (tertiary/aromatic N) is 1. The lowest BCUT2D eigenvalue weighted by molar-refractivity contribution is 0.611. The zero-order chi connectivity index (χ0) is 11.5. The van der Waals surface area contributed by atoms with Crippen molar-refractivity contribution in [3.63, 3.8) is 0 Å². The van der Waals surface area contributed by atoms with Crippen molar-refractivity contribution in [2.24, 2.45) is 5.73 Å². The molecule has 0 fully saturated rings. The van der Waals surface area contributed by atoms with E-state index in [4.69, 9.17) is 5.73 Å². The van der Waals surface area contributed by atoms with Gasteiger partial charge in [0.05, 0.1) is 0 Å². The van der Waals surface area contributed by atoms with E-state index in [2.05, 4.69) is 4.98 Å². The number of rotatable bonds is 2. The number of benzene rings is 1. The topological polar surface area (TPSA) is 38.9 Å². The predicted octanol–water partition coefficient (Wildman–Crippen LogP) is 2.65. The molecular formula is C13H13FN2. The molecule has 2 nitrogen and oxygen atoms in total. The molecule has 2 N–H and O–H groups in total. The summed E-state index contributed by atoms with van der Waals surface area (Å²) in [6.45, 7) is 2.18. The van der Waals surface area contributed by atoms with Gasteiger partial charge in [0, 0.05) is 30.1 Å². The van der Waals surface area contributed by atoms with Crippen molar-refractivity contribution < 1.29 is 4.39 Å². The molecule has 0 amide bonds. The Morgan fingerprint density at radius 1 is 1.19 bits per heavy atom. The third kappa shape index (κ3) is 2.09. The van der Waals surface area contributed by atoms with Crippen LogP contribution in [0.15, 0.2) is 36.7 Å². The Labute approximate surface area is 93.9 Å². The molecule has 0 aliphatic carbocycles. The van der Waals surface area contributed by atoms with Crippen molar-refractivity contribution in [1.29, 1.82) is 0 Å². The number of hydrogen-bond donors (Lipinski definition) is 1. The lowest BCUT2D eigenvalue weighted by Crippen LogP contribution is -1.99. The number of nitrogens with two attached hydrogens (primary N) is 1. The lowest BCUT2D eigenvalue weighted by atomic mass is 10.0. The Kier molecular flexibility index (Phi) is 2.97. The van der Waals surface area contributed by atoms with Crippen molar-refractivity contribution in [2.75, 3.05) is 0 Å². The molecule has 0 bridgehead atoms. The molecule has 1 aromatic carbocycles. The first-order valence-electron chi connectivity index (χ1n) is 5.11. The van der Waals surface area contributed by atoms with Crippen molar-refractivity contribution in [1.82, 2.24) is 4.98 Å². The van der Waals surface area contributed by atoms with E-state index < -0.39 is 0 Å². The first kappa shape index (κ1) is 10.8. The lowest BCUT2D eigenvalue weighted by Gasteiger charge is -2.05. The van der Waals surface area contributed by atoms with Crippen LogP contribution in [0.25, 0.3) is 11.1 Å². The van der Waals surface area contributed by atoms with Crippen LogP contribution in [-0.2, 0) is 6.54 Å². The molecule has 2 rings (SSSR count). The van der Waals surface area contributed by atoms with Gasteiger partial charge < -0.3 is 5.73 Å². The largest absolute Gasteiger partial charge is 0.326 e. The number of halogens is 1. The van der Waals surface area contributed by atoms with Crippen molar-refractivity contribution in [2.45, 2.75) is 13.5 Å². The van der Waals surface area contributed by atoms with E-state index in [0.29, 0.717) is 5.56 Å². The molecule has 0 saturated heterocycles. The highest BCUT2D eigenvalue weighted by Gasteiger charge is 2.04. The van der Waals surface area contributed by atoms with Gasteiger partial charge in [0.15, 0.2) is 0 Å². The first-order valence-corrected chi connectivity index (χ1v) is 5.11. The highest BCUT2D eigenvalue weighted by atomic mass is 19.1. The number of hydrogen-bond acceptors (Lipinski definition) is 2. The minimum Gasteiger partial charge on any atom is -0.326 e. The molecule has 0 spiro atoms. The standard InChI is InChI=1S/C13H13FN2/c1-9-4-12(8-16-7-9)10-2-3-11(6-15)13(14)5-10/h2-5,7-8H,6,15H2,1H3. The molecule has 82 valence electrons. The molecule has 0 unspecified atom stereocenters. The van der Waals surface area contributed by atoms with E-state index >= 15 is 0 Å². The Morgan fingerprint density at radius 2 is 2.00 bits per heavy atom. The summed E-state index contributed by atoms with van der Waals surface area (Å²) in [5.74, 6) is -0.262. The molecular weight excluding hydrogens is 203 g/mol. The van der Waals surface area contributed by atoms with Gasteiger partial charge in [0.2, 0.25) is 0 Å². The highest BCUT2D eigenvalue weighted by Crippen LogP contribution is 2.21. The zero-order valence-electron chi connectivity index (χ0n) is 9.07. The highest BCUT2D eigenvalue weighted by molar-refractivity contribution is 5.63. The van der Waals surface area contributed by atoms with Gasteiger partial charge in [-0.05, 0) is 30.2 Å². The van der Waals surface area contributed by atoms with Crippen LogP contribution in [0.4, 0.5) is 4.39 Å². The van der Waals surface area contributed by atoms with Crippen LogP contribution in [0.1, 0.15) is 11.1 Å². The fourth-order valence-electron chi connectivity index (χ4n) is 1.61. The average Bonchev–Trinajstić information content (AvgIpc) is 2.29. The fourth-order valence-corrected chi connectivity index (χ4v) is 1.61. The van der Waals surface area contributed by atoms with Crippen molar-refractivity contribution >= 4 is 0 Å². The molecule has 0 saturated carbocycles. The van der Waals surface area contributed by atoms with Crippen molar-refractivity contribution in [3.05, 3.63) is 53.6 Å². The molecule has 16 heavy (non-hydrogen) atoms. The molecule has 3 heteroatoms. The second-order valence-electron chi connectivity index (χ2n) is 3.76. The predicted molar refractivity (Wildman–Crippen MR) is 62.3 cm³/mol. The normalized spacial score (nSPS) is 10.4. The summed E-state index contributed by atoms with van der Waals surface area (Å²) in [6.07, 6.45) is 3.50. The van der Waals surface area contributed by atoms with E-state index in [1.807, 2.05) is 19.1 Å². The summed E-state index contributed by atoms with van der Waals surface area (Å²) in [6, 6.07) is 7.05. The Bertz CT molecular complexity index is 509. The summed E-state index contributed by atoms with van der Waals surface area (Å²) in [5, 5.41) is 0. The Hall–Kier alpha value is -1.74. The maximum absolute atomic E-state index is 13.5. The maximum Gasteiger partial charge on any atom is 0.128 e. The smallest absolute Gasteiger partial charge is 0.128 e. The molecule has 2 aromatic rings. The first-order chi connectivity index (χ1) is 7.70. The van der Waals surface area contributed by atoms with Crippen LogP contribution < -0.4 is 5.73 Å². The summed E-state index contributed by atoms with van der Waals surface area (Å²) < 4.78 is 13.5. The van der Waals surface area contributed by atoms with Gasteiger partial charge in [-0.1, -0.05) is 12.1 Å². The molecule has 1 aromatic heterocycles. The van der Waals surface area contributed by atoms with E-state index in [-0.39, 0.29) is 12.4 Å². The second-order valence-corrected chi connectivity index (χ2v) is 3.76. The minimum absolute atomic E-state index is 0.220. The van der Waals surface area contributed by atoms with Crippen LogP contribution in [0, 0.1) is 12.7 Å². The summed E-state index contributed by atoms with van der Waals surface area (Å²) in [7, 11) is 0. The molecule has 1 heterocycles. The van der Waals surface area contributed by atoms with Gasteiger partial charge in [-0.3, -0.25) is 4.98 Å². The number of aryl methyl sites for hydroxylation is 1. The van der Waals surface area contributed by atoms with Crippen LogP contribution in [0.5, 0.6) is 0 Å². The Morgan fingerprint density at radius 3 is 2.62 bits per heavy atom. The fraction of sp³-hybridized carbons (Fsp3) is 0.154. The summed E-state index contributed by atoms with van der Waals surface area (Å²) in [5.41, 5.74) is 8.74. The molecule has 0 aliphatic heterocycles. The van der Waals surface area contributed by atoms with Crippen molar-refractivity contribution in [3.8, 4) is 11.1 Å². The van der Waals surface area contributed by atoms with Crippen LogP contribution in [0.3, 0.4) is 0 Å². The molecule has 0 aliphatic rings. The zero-order valence-corrected chi connectivity index (χ0v) is 9.07. The van der Waals surface area contributed by atoms with Gasteiger partial charge in [-0.15, -0.1) is 0 Å². The number of aromatic nitrogens is 1.